The molecule has 21 heavy (non-hydrogen) atoms. The van der Waals surface area contributed by atoms with Gasteiger partial charge in [-0.1, -0.05) is 25.1 Å². The molecule has 1 N–H and O–H groups in total. The van der Waals surface area contributed by atoms with Crippen molar-refractivity contribution < 1.29 is 14.6 Å². The summed E-state index contributed by atoms with van der Waals surface area (Å²) in [6, 6.07) is 11.5. The number of hydrogen-bond acceptors (Lipinski definition) is 4. The fourth-order valence-electron chi connectivity index (χ4n) is 2.36. The number of hydrogen-bond donors (Lipinski definition) is 1. The Morgan fingerprint density at radius 2 is 2.05 bits per heavy atom. The van der Waals surface area contributed by atoms with Crippen LogP contribution in [-0.2, 0) is 12.8 Å². The lowest BCUT2D eigenvalue weighted by molar-refractivity contribution is -0.00981. The Labute approximate surface area is 124 Å². The van der Waals surface area contributed by atoms with Gasteiger partial charge in [-0.3, -0.25) is 4.98 Å². The molecule has 0 aliphatic carbocycles. The van der Waals surface area contributed by atoms with Gasteiger partial charge in [0.2, 0.25) is 0 Å². The van der Waals surface area contributed by atoms with E-state index in [2.05, 4.69) is 11.9 Å². The Kier molecular flexibility index (Phi) is 4.06. The number of aryl methyl sites for hydroxylation is 1. The van der Waals surface area contributed by atoms with Crippen LogP contribution >= 0.6 is 0 Å². The van der Waals surface area contributed by atoms with Crippen LogP contribution in [0.2, 0.25) is 0 Å². The summed E-state index contributed by atoms with van der Waals surface area (Å²) in [6.45, 7) is 2.45. The SMILES string of the molecule is CCc1ccc(CC(O)C2COc3ccccc3O2)nc1. The number of rotatable bonds is 4. The second-order valence-corrected chi connectivity index (χ2v) is 5.20. The normalized spacial score (nSPS) is 18.3. The summed E-state index contributed by atoms with van der Waals surface area (Å²) in [5, 5.41) is 10.3. The second-order valence-electron chi connectivity index (χ2n) is 5.20. The van der Waals surface area contributed by atoms with Crippen molar-refractivity contribution in [2.75, 3.05) is 6.61 Å². The molecule has 1 aliphatic heterocycles. The number of benzene rings is 1. The zero-order chi connectivity index (χ0) is 14.7. The van der Waals surface area contributed by atoms with E-state index in [0.717, 1.165) is 17.9 Å². The van der Waals surface area contributed by atoms with Gasteiger partial charge in [-0.05, 0) is 30.2 Å². The molecule has 4 nitrogen and oxygen atoms in total. The first-order valence-corrected chi connectivity index (χ1v) is 7.26. The Morgan fingerprint density at radius 1 is 1.24 bits per heavy atom. The van der Waals surface area contributed by atoms with Crippen LogP contribution in [0.3, 0.4) is 0 Å². The largest absolute Gasteiger partial charge is 0.486 e. The monoisotopic (exact) mass is 285 g/mol. The average Bonchev–Trinajstić information content (AvgIpc) is 2.55. The van der Waals surface area contributed by atoms with E-state index in [4.69, 9.17) is 9.47 Å². The van der Waals surface area contributed by atoms with Crippen LogP contribution < -0.4 is 9.47 Å². The standard InChI is InChI=1S/C17H19NO3/c1-2-12-7-8-13(18-10-12)9-14(19)17-11-20-15-5-3-4-6-16(15)21-17/h3-8,10,14,17,19H,2,9,11H2,1H3. The molecule has 0 radical (unpaired) electrons. The minimum Gasteiger partial charge on any atom is -0.486 e. The van der Waals surface area contributed by atoms with Crippen molar-refractivity contribution in [3.05, 3.63) is 53.9 Å². The quantitative estimate of drug-likeness (QED) is 0.937. The van der Waals surface area contributed by atoms with E-state index >= 15 is 0 Å². The minimum atomic E-state index is -0.640. The maximum absolute atomic E-state index is 10.3. The molecular weight excluding hydrogens is 266 g/mol. The molecule has 2 unspecified atom stereocenters. The molecule has 1 aromatic carbocycles. The maximum Gasteiger partial charge on any atom is 0.161 e. The van der Waals surface area contributed by atoms with Gasteiger partial charge in [0.1, 0.15) is 6.61 Å². The predicted octanol–water partition coefficient (Wildman–Crippen LogP) is 2.39. The van der Waals surface area contributed by atoms with Crippen molar-refractivity contribution in [3.63, 3.8) is 0 Å². The third-order valence-corrected chi connectivity index (χ3v) is 3.67. The first kappa shape index (κ1) is 13.9. The van der Waals surface area contributed by atoms with Crippen LogP contribution in [0.4, 0.5) is 0 Å². The van der Waals surface area contributed by atoms with Crippen LogP contribution in [-0.4, -0.2) is 28.9 Å². The molecule has 3 rings (SSSR count). The van der Waals surface area contributed by atoms with Crippen molar-refractivity contribution >= 4 is 0 Å². The van der Waals surface area contributed by atoms with Crippen molar-refractivity contribution in [2.45, 2.75) is 32.0 Å². The summed E-state index contributed by atoms with van der Waals surface area (Å²) < 4.78 is 11.4. The van der Waals surface area contributed by atoms with E-state index < -0.39 is 6.10 Å². The third kappa shape index (κ3) is 3.16. The average molecular weight is 285 g/mol. The lowest BCUT2D eigenvalue weighted by Gasteiger charge is -2.29. The number of nitrogens with zero attached hydrogens (tertiary/aromatic N) is 1. The van der Waals surface area contributed by atoms with Crippen LogP contribution in [0.25, 0.3) is 0 Å². The molecule has 0 saturated carbocycles. The van der Waals surface area contributed by atoms with Crippen LogP contribution in [0, 0.1) is 0 Å². The number of pyridine rings is 1. The van der Waals surface area contributed by atoms with Gasteiger partial charge in [0.05, 0.1) is 6.10 Å². The van der Waals surface area contributed by atoms with Crippen LogP contribution in [0.15, 0.2) is 42.6 Å². The van der Waals surface area contributed by atoms with E-state index in [1.165, 1.54) is 5.56 Å². The predicted molar refractivity (Wildman–Crippen MR) is 79.7 cm³/mol. The van der Waals surface area contributed by atoms with Gasteiger partial charge in [-0.25, -0.2) is 0 Å². The van der Waals surface area contributed by atoms with Gasteiger partial charge in [-0.15, -0.1) is 0 Å². The summed E-state index contributed by atoms with van der Waals surface area (Å²) in [5.74, 6) is 1.41. The highest BCUT2D eigenvalue weighted by Crippen LogP contribution is 2.31. The highest BCUT2D eigenvalue weighted by molar-refractivity contribution is 5.40. The first-order chi connectivity index (χ1) is 10.3. The van der Waals surface area contributed by atoms with Gasteiger partial charge < -0.3 is 14.6 Å². The number of aromatic nitrogens is 1. The fourth-order valence-corrected chi connectivity index (χ4v) is 2.36. The molecule has 0 fully saturated rings. The molecule has 1 aliphatic rings. The lowest BCUT2D eigenvalue weighted by atomic mass is 10.1. The summed E-state index contributed by atoms with van der Waals surface area (Å²) >= 11 is 0. The Morgan fingerprint density at radius 3 is 2.76 bits per heavy atom. The number of para-hydroxylation sites is 2. The second kappa shape index (κ2) is 6.14. The Balaban J connectivity index is 1.64. The molecular formula is C17H19NO3. The number of fused-ring (bicyclic) bond motifs is 1. The van der Waals surface area contributed by atoms with Gasteiger partial charge in [0.15, 0.2) is 17.6 Å². The van der Waals surface area contributed by atoms with Crippen molar-refractivity contribution in [2.24, 2.45) is 0 Å². The van der Waals surface area contributed by atoms with Crippen molar-refractivity contribution in [1.29, 1.82) is 0 Å². The molecule has 0 amide bonds. The zero-order valence-corrected chi connectivity index (χ0v) is 12.0. The van der Waals surface area contributed by atoms with Crippen molar-refractivity contribution in [3.8, 4) is 11.5 Å². The van der Waals surface area contributed by atoms with Crippen LogP contribution in [0.1, 0.15) is 18.2 Å². The van der Waals surface area contributed by atoms with Gasteiger partial charge in [0.25, 0.3) is 0 Å². The minimum absolute atomic E-state index is 0.352. The molecule has 0 saturated heterocycles. The van der Waals surface area contributed by atoms with E-state index in [1.54, 1.807) is 0 Å². The smallest absolute Gasteiger partial charge is 0.161 e. The van der Waals surface area contributed by atoms with Gasteiger partial charge in [-0.2, -0.15) is 0 Å². The molecule has 0 spiro atoms. The molecule has 110 valence electrons. The van der Waals surface area contributed by atoms with E-state index in [-0.39, 0.29) is 6.10 Å². The van der Waals surface area contributed by atoms with Gasteiger partial charge >= 0.3 is 0 Å². The molecule has 1 aromatic heterocycles. The molecule has 2 atom stereocenters. The maximum atomic E-state index is 10.3. The summed E-state index contributed by atoms with van der Waals surface area (Å²) in [6.07, 6.45) is 2.27. The Bertz CT molecular complexity index is 597. The molecule has 0 bridgehead atoms. The van der Waals surface area contributed by atoms with Gasteiger partial charge in [0, 0.05) is 18.3 Å². The summed E-state index contributed by atoms with van der Waals surface area (Å²) in [5.41, 5.74) is 2.06. The zero-order valence-electron chi connectivity index (χ0n) is 12.0. The topological polar surface area (TPSA) is 51.6 Å². The molecule has 2 heterocycles. The van der Waals surface area contributed by atoms with E-state index in [1.807, 2.05) is 42.6 Å². The summed E-state index contributed by atoms with van der Waals surface area (Å²) in [4.78, 5) is 4.37. The number of aliphatic hydroxyl groups is 1. The molecule has 4 heteroatoms. The highest BCUT2D eigenvalue weighted by Gasteiger charge is 2.27. The lowest BCUT2D eigenvalue weighted by Crippen LogP contribution is -2.40. The van der Waals surface area contributed by atoms with E-state index in [0.29, 0.717) is 18.8 Å². The van der Waals surface area contributed by atoms with E-state index in [9.17, 15) is 5.11 Å². The number of aliphatic hydroxyl groups excluding tert-OH is 1. The van der Waals surface area contributed by atoms with Crippen molar-refractivity contribution in [1.82, 2.24) is 4.98 Å². The third-order valence-electron chi connectivity index (χ3n) is 3.67. The molecule has 2 aromatic rings. The first-order valence-electron chi connectivity index (χ1n) is 7.26. The Hall–Kier alpha value is -2.07. The highest BCUT2D eigenvalue weighted by atomic mass is 16.6. The number of ether oxygens (including phenoxy) is 2. The van der Waals surface area contributed by atoms with Crippen LogP contribution in [0.5, 0.6) is 11.5 Å². The summed E-state index contributed by atoms with van der Waals surface area (Å²) in [7, 11) is 0. The fraction of sp³-hybridized carbons (Fsp3) is 0.353.